The van der Waals surface area contributed by atoms with Gasteiger partial charge in [0, 0.05) is 47.9 Å². The van der Waals surface area contributed by atoms with Crippen molar-refractivity contribution < 1.29 is 18.9 Å². The lowest BCUT2D eigenvalue weighted by Gasteiger charge is -2.15. The van der Waals surface area contributed by atoms with Crippen LogP contribution in [0.5, 0.6) is 17.2 Å². The normalized spacial score (nSPS) is 12.0. The Morgan fingerprint density at radius 1 is 0.846 bits per heavy atom. The second-order valence-corrected chi connectivity index (χ2v) is 9.14. The number of ether oxygens (including phenoxy) is 4. The van der Waals surface area contributed by atoms with Gasteiger partial charge < -0.3 is 30.4 Å². The molecule has 9 heteroatoms. The van der Waals surface area contributed by atoms with Gasteiger partial charge in [-0.25, -0.2) is 4.98 Å². The Labute approximate surface area is 226 Å². The molecule has 0 amide bonds. The van der Waals surface area contributed by atoms with Crippen LogP contribution in [0.2, 0.25) is 0 Å². The molecule has 4 N–H and O–H groups in total. The zero-order chi connectivity index (χ0) is 27.2. The third-order valence-electron chi connectivity index (χ3n) is 6.35. The quantitative estimate of drug-likeness (QED) is 0.190. The van der Waals surface area contributed by atoms with Gasteiger partial charge in [-0.1, -0.05) is 30.3 Å². The van der Waals surface area contributed by atoms with Crippen molar-refractivity contribution in [3.8, 4) is 28.5 Å². The van der Waals surface area contributed by atoms with Crippen LogP contribution >= 0.6 is 0 Å². The molecule has 39 heavy (non-hydrogen) atoms. The van der Waals surface area contributed by atoms with Crippen LogP contribution in [0, 0.1) is 0 Å². The number of rotatable bonds is 11. The minimum absolute atomic E-state index is 0.150. The van der Waals surface area contributed by atoms with Crippen molar-refractivity contribution in [1.82, 2.24) is 15.0 Å². The van der Waals surface area contributed by atoms with Gasteiger partial charge in [0.25, 0.3) is 0 Å². The van der Waals surface area contributed by atoms with Gasteiger partial charge in [0.15, 0.2) is 11.5 Å². The van der Waals surface area contributed by atoms with E-state index in [9.17, 15) is 0 Å². The van der Waals surface area contributed by atoms with E-state index in [0.29, 0.717) is 48.6 Å². The van der Waals surface area contributed by atoms with Crippen LogP contribution < -0.4 is 25.7 Å². The number of anilines is 1. The molecule has 0 fully saturated rings. The van der Waals surface area contributed by atoms with Crippen LogP contribution in [-0.4, -0.2) is 55.0 Å². The fourth-order valence-electron chi connectivity index (χ4n) is 4.41. The fourth-order valence-corrected chi connectivity index (χ4v) is 4.41. The number of nitrogens with zero attached hydrogens (tertiary/aromatic N) is 3. The third-order valence-corrected chi connectivity index (χ3v) is 6.35. The third kappa shape index (κ3) is 6.00. The molecule has 3 heterocycles. The second kappa shape index (κ2) is 11.9. The summed E-state index contributed by atoms with van der Waals surface area (Å²) in [5, 5.41) is 2.50. The molecule has 0 bridgehead atoms. The van der Waals surface area contributed by atoms with Gasteiger partial charge in [0.1, 0.15) is 24.8 Å². The minimum atomic E-state index is -0.150. The van der Waals surface area contributed by atoms with Crippen LogP contribution in [0.3, 0.4) is 0 Å². The standard InChI is InChI=1S/C30H31N5O4/c1-36-8-9-38-29-14-27-24(13-28(29)37-2)23-12-26(35-30(32)25(23)17-34-27)20-11-22(16-33-15-20)39-18-21(31)10-19-6-4-3-5-7-19/h3-7,11-17,21H,8-10,18,31H2,1-2H3,(H2,32,35)/t21-/m0/s1. The average Bonchev–Trinajstić information content (AvgIpc) is 2.96. The molecule has 0 spiro atoms. The van der Waals surface area contributed by atoms with E-state index in [4.69, 9.17) is 30.4 Å². The molecule has 1 atom stereocenters. The Hall–Kier alpha value is -4.47. The molecule has 5 aromatic rings. The highest BCUT2D eigenvalue weighted by molar-refractivity contribution is 6.10. The van der Waals surface area contributed by atoms with E-state index >= 15 is 0 Å². The molecule has 3 aromatic heterocycles. The van der Waals surface area contributed by atoms with Crippen molar-refractivity contribution >= 4 is 27.5 Å². The van der Waals surface area contributed by atoms with Gasteiger partial charge in [0.2, 0.25) is 0 Å². The van der Waals surface area contributed by atoms with Gasteiger partial charge in [-0.3, -0.25) is 9.97 Å². The van der Waals surface area contributed by atoms with Gasteiger partial charge in [-0.05, 0) is 35.6 Å². The summed E-state index contributed by atoms with van der Waals surface area (Å²) >= 11 is 0. The summed E-state index contributed by atoms with van der Waals surface area (Å²) in [6, 6.07) is 17.6. The molecule has 0 saturated carbocycles. The molecule has 0 saturated heterocycles. The predicted octanol–water partition coefficient (Wildman–Crippen LogP) is 4.41. The Kier molecular flexibility index (Phi) is 8.00. The molecule has 200 valence electrons. The van der Waals surface area contributed by atoms with Gasteiger partial charge >= 0.3 is 0 Å². The van der Waals surface area contributed by atoms with Crippen molar-refractivity contribution in [2.45, 2.75) is 12.5 Å². The second-order valence-electron chi connectivity index (χ2n) is 9.14. The number of benzene rings is 2. The molecule has 5 rings (SSSR count). The summed E-state index contributed by atoms with van der Waals surface area (Å²) in [4.78, 5) is 13.6. The van der Waals surface area contributed by atoms with E-state index < -0.39 is 0 Å². The molecule has 0 aliphatic rings. The number of hydrogen-bond donors (Lipinski definition) is 2. The first-order chi connectivity index (χ1) is 19.1. The Morgan fingerprint density at radius 3 is 2.49 bits per heavy atom. The highest BCUT2D eigenvalue weighted by Crippen LogP contribution is 2.37. The fraction of sp³-hybridized carbons (Fsp3) is 0.233. The zero-order valence-electron chi connectivity index (χ0n) is 22.0. The van der Waals surface area contributed by atoms with Crippen molar-refractivity contribution in [3.63, 3.8) is 0 Å². The number of pyridine rings is 3. The lowest BCUT2D eigenvalue weighted by atomic mass is 10.0. The number of methoxy groups -OCH3 is 2. The average molecular weight is 526 g/mol. The largest absolute Gasteiger partial charge is 0.493 e. The SMILES string of the molecule is COCCOc1cc2ncc3c(N)nc(-c4cncc(OC[C@@H](N)Cc5ccccc5)c4)cc3c2cc1OC. The summed E-state index contributed by atoms with van der Waals surface area (Å²) in [5.41, 5.74) is 16.0. The lowest BCUT2D eigenvalue weighted by Crippen LogP contribution is -2.30. The zero-order valence-corrected chi connectivity index (χ0v) is 22.0. The Bertz CT molecular complexity index is 1580. The first kappa shape index (κ1) is 26.1. The van der Waals surface area contributed by atoms with E-state index in [1.807, 2.05) is 42.5 Å². The Balaban J connectivity index is 1.43. The molecule has 0 unspecified atom stereocenters. The maximum Gasteiger partial charge on any atom is 0.163 e. The molecule has 2 aromatic carbocycles. The van der Waals surface area contributed by atoms with E-state index in [0.717, 1.165) is 33.7 Å². The van der Waals surface area contributed by atoms with Crippen LogP contribution in [0.1, 0.15) is 5.56 Å². The molecule has 0 aliphatic heterocycles. The molecule has 9 nitrogen and oxygen atoms in total. The first-order valence-electron chi connectivity index (χ1n) is 12.6. The van der Waals surface area contributed by atoms with E-state index in [-0.39, 0.29) is 6.04 Å². The summed E-state index contributed by atoms with van der Waals surface area (Å²) in [6.45, 7) is 1.22. The van der Waals surface area contributed by atoms with Crippen molar-refractivity contribution in [2.24, 2.45) is 5.73 Å². The predicted molar refractivity (Wildman–Crippen MR) is 152 cm³/mol. The topological polar surface area (TPSA) is 128 Å². The molecule has 0 aliphatic carbocycles. The number of hydrogen-bond acceptors (Lipinski definition) is 9. The van der Waals surface area contributed by atoms with Crippen LogP contribution in [-0.2, 0) is 11.2 Å². The van der Waals surface area contributed by atoms with Crippen molar-refractivity contribution in [1.29, 1.82) is 0 Å². The van der Waals surface area contributed by atoms with Crippen LogP contribution in [0.4, 0.5) is 5.82 Å². The maximum atomic E-state index is 6.39. The number of nitrogen functional groups attached to an aromatic ring is 1. The molecule has 0 radical (unpaired) electrons. The minimum Gasteiger partial charge on any atom is -0.493 e. The highest BCUT2D eigenvalue weighted by Gasteiger charge is 2.15. The van der Waals surface area contributed by atoms with Crippen molar-refractivity contribution in [3.05, 3.63) is 78.8 Å². The monoisotopic (exact) mass is 525 g/mol. The number of fused-ring (bicyclic) bond motifs is 3. The van der Waals surface area contributed by atoms with Crippen molar-refractivity contribution in [2.75, 3.05) is 39.8 Å². The number of nitrogens with two attached hydrogens (primary N) is 2. The maximum absolute atomic E-state index is 6.39. The lowest BCUT2D eigenvalue weighted by molar-refractivity contribution is 0.144. The van der Waals surface area contributed by atoms with E-state index in [2.05, 4.69) is 27.1 Å². The van der Waals surface area contributed by atoms with Gasteiger partial charge in [-0.15, -0.1) is 0 Å². The molecular formula is C30H31N5O4. The van der Waals surface area contributed by atoms with Crippen LogP contribution in [0.25, 0.3) is 32.9 Å². The first-order valence-corrected chi connectivity index (χ1v) is 12.6. The Morgan fingerprint density at radius 2 is 1.69 bits per heavy atom. The highest BCUT2D eigenvalue weighted by atomic mass is 16.5. The van der Waals surface area contributed by atoms with Gasteiger partial charge in [-0.2, -0.15) is 0 Å². The number of aromatic nitrogens is 3. The molecular weight excluding hydrogens is 494 g/mol. The van der Waals surface area contributed by atoms with E-state index in [1.54, 1.807) is 32.8 Å². The van der Waals surface area contributed by atoms with Crippen LogP contribution in [0.15, 0.2) is 73.2 Å². The smallest absolute Gasteiger partial charge is 0.163 e. The summed E-state index contributed by atoms with van der Waals surface area (Å²) < 4.78 is 22.5. The van der Waals surface area contributed by atoms with E-state index in [1.165, 1.54) is 5.56 Å². The summed E-state index contributed by atoms with van der Waals surface area (Å²) in [7, 11) is 3.23. The van der Waals surface area contributed by atoms with Gasteiger partial charge in [0.05, 0.1) is 31.1 Å². The summed E-state index contributed by atoms with van der Waals surface area (Å²) in [5.74, 6) is 2.16. The summed E-state index contributed by atoms with van der Waals surface area (Å²) in [6.07, 6.45) is 5.84.